The molecule has 32 heavy (non-hydrogen) atoms. The topological polar surface area (TPSA) is 98.0 Å². The van der Waals surface area contributed by atoms with Crippen LogP contribution in [0.5, 0.6) is 0 Å². The number of aromatic nitrogens is 5. The largest absolute Gasteiger partial charge is 0.416 e. The Morgan fingerprint density at radius 2 is 1.97 bits per heavy atom. The van der Waals surface area contributed by atoms with Crippen LogP contribution in [0.3, 0.4) is 0 Å². The average Bonchev–Trinajstić information content (AvgIpc) is 3.39. The summed E-state index contributed by atoms with van der Waals surface area (Å²) in [6.45, 7) is 2.36. The third kappa shape index (κ3) is 5.13. The molecular formula is C20H18F3N7OS. The van der Waals surface area contributed by atoms with Crippen LogP contribution in [0.25, 0.3) is 0 Å². The third-order valence-electron chi connectivity index (χ3n) is 4.69. The first-order chi connectivity index (χ1) is 15.3. The van der Waals surface area contributed by atoms with Crippen LogP contribution in [0, 0.1) is 0 Å². The SMILES string of the molecule is CC1N=C(c2nnn(Cc3ccc(C(F)(F)F)cc3)n2)SC1C(=O)NCc1cccnc1. The summed E-state index contributed by atoms with van der Waals surface area (Å²) in [4.78, 5) is 22.4. The molecule has 0 bridgehead atoms. The number of benzene rings is 1. The Kier molecular flexibility index (Phi) is 6.21. The number of rotatable bonds is 6. The van der Waals surface area contributed by atoms with Crippen molar-refractivity contribution in [1.29, 1.82) is 0 Å². The van der Waals surface area contributed by atoms with Crippen molar-refractivity contribution >= 4 is 22.7 Å². The number of hydrogen-bond donors (Lipinski definition) is 1. The number of carbonyl (C=O) groups excluding carboxylic acids is 1. The lowest BCUT2D eigenvalue weighted by molar-refractivity contribution is -0.137. The normalized spacial score (nSPS) is 18.4. The Morgan fingerprint density at radius 3 is 2.66 bits per heavy atom. The second kappa shape index (κ2) is 9.07. The standard InChI is InChI=1S/C20H18F3N7OS/c1-12-16(18(31)25-10-14-3-2-8-24-9-14)32-19(26-12)17-27-29-30(28-17)11-13-4-6-15(7-5-13)20(21,22)23/h2-9,12,16H,10-11H2,1H3,(H,25,31). The molecule has 1 aromatic carbocycles. The first kappa shape index (κ1) is 21.9. The van der Waals surface area contributed by atoms with Gasteiger partial charge in [0, 0.05) is 18.9 Å². The van der Waals surface area contributed by atoms with E-state index in [0.717, 1.165) is 17.7 Å². The Balaban J connectivity index is 1.36. The van der Waals surface area contributed by atoms with Crippen molar-refractivity contribution in [3.8, 4) is 0 Å². The summed E-state index contributed by atoms with van der Waals surface area (Å²) in [5, 5.41) is 15.1. The molecule has 3 heterocycles. The number of thioether (sulfide) groups is 1. The second-order valence-electron chi connectivity index (χ2n) is 7.13. The maximum absolute atomic E-state index is 12.7. The summed E-state index contributed by atoms with van der Waals surface area (Å²) < 4.78 is 38.1. The van der Waals surface area contributed by atoms with Gasteiger partial charge in [-0.15, -0.1) is 10.2 Å². The average molecular weight is 461 g/mol. The molecule has 1 aliphatic rings. The zero-order valence-corrected chi connectivity index (χ0v) is 17.6. The van der Waals surface area contributed by atoms with Gasteiger partial charge in [0.1, 0.15) is 10.3 Å². The molecule has 2 unspecified atom stereocenters. The number of nitrogens with zero attached hydrogens (tertiary/aromatic N) is 6. The zero-order valence-electron chi connectivity index (χ0n) is 16.8. The number of halogens is 3. The molecule has 0 saturated carbocycles. The fourth-order valence-corrected chi connectivity index (χ4v) is 4.14. The van der Waals surface area contributed by atoms with Crippen LogP contribution in [0.2, 0.25) is 0 Å². The first-order valence-corrected chi connectivity index (χ1v) is 10.5. The van der Waals surface area contributed by atoms with Crippen molar-refractivity contribution in [2.24, 2.45) is 4.99 Å². The van der Waals surface area contributed by atoms with Crippen LogP contribution in [-0.4, -0.2) is 47.4 Å². The highest BCUT2D eigenvalue weighted by Crippen LogP contribution is 2.30. The van der Waals surface area contributed by atoms with Gasteiger partial charge in [-0.3, -0.25) is 14.8 Å². The molecule has 4 rings (SSSR count). The molecule has 166 valence electrons. The van der Waals surface area contributed by atoms with Gasteiger partial charge in [-0.05, 0) is 41.5 Å². The zero-order chi connectivity index (χ0) is 22.7. The number of hydrogen-bond acceptors (Lipinski definition) is 7. The summed E-state index contributed by atoms with van der Waals surface area (Å²) in [7, 11) is 0. The number of carbonyl (C=O) groups is 1. The van der Waals surface area contributed by atoms with Crippen molar-refractivity contribution in [3.05, 3.63) is 71.3 Å². The minimum atomic E-state index is -4.38. The molecule has 1 aliphatic heterocycles. The first-order valence-electron chi connectivity index (χ1n) is 9.65. The van der Waals surface area contributed by atoms with Crippen LogP contribution in [-0.2, 0) is 24.1 Å². The number of aliphatic imine (C=N–C) groups is 1. The van der Waals surface area contributed by atoms with E-state index in [-0.39, 0.29) is 24.3 Å². The lowest BCUT2D eigenvalue weighted by Gasteiger charge is -2.13. The van der Waals surface area contributed by atoms with E-state index in [1.54, 1.807) is 18.5 Å². The summed E-state index contributed by atoms with van der Waals surface area (Å²) in [5.74, 6) is 0.124. The summed E-state index contributed by atoms with van der Waals surface area (Å²) in [5.41, 5.74) is 0.779. The minimum absolute atomic E-state index is 0.151. The van der Waals surface area contributed by atoms with Crippen LogP contribution < -0.4 is 5.32 Å². The fourth-order valence-electron chi connectivity index (χ4n) is 3.04. The molecule has 2 aromatic heterocycles. The molecule has 0 radical (unpaired) electrons. The van der Waals surface area contributed by atoms with Crippen LogP contribution in [0.15, 0.2) is 53.8 Å². The maximum atomic E-state index is 12.7. The molecule has 1 N–H and O–H groups in total. The van der Waals surface area contributed by atoms with Crippen molar-refractivity contribution in [2.45, 2.75) is 37.5 Å². The van der Waals surface area contributed by atoms with Crippen LogP contribution in [0.1, 0.15) is 29.4 Å². The highest BCUT2D eigenvalue weighted by molar-refractivity contribution is 8.15. The van der Waals surface area contributed by atoms with Crippen LogP contribution in [0.4, 0.5) is 13.2 Å². The van der Waals surface area contributed by atoms with E-state index in [9.17, 15) is 18.0 Å². The second-order valence-corrected chi connectivity index (χ2v) is 8.26. The Morgan fingerprint density at radius 1 is 1.19 bits per heavy atom. The minimum Gasteiger partial charge on any atom is -0.351 e. The fraction of sp³-hybridized carbons (Fsp3) is 0.300. The molecule has 8 nitrogen and oxygen atoms in total. The number of pyridine rings is 1. The number of nitrogens with one attached hydrogen (secondary N) is 1. The van der Waals surface area contributed by atoms with E-state index >= 15 is 0 Å². The predicted octanol–water partition coefficient (Wildman–Crippen LogP) is 2.70. The van der Waals surface area contributed by atoms with Gasteiger partial charge in [-0.1, -0.05) is 30.0 Å². The quantitative estimate of drug-likeness (QED) is 0.606. The van der Waals surface area contributed by atoms with Gasteiger partial charge in [0.2, 0.25) is 11.7 Å². The van der Waals surface area contributed by atoms with Crippen molar-refractivity contribution in [3.63, 3.8) is 0 Å². The molecule has 0 fully saturated rings. The molecule has 0 saturated heterocycles. The van der Waals surface area contributed by atoms with Gasteiger partial charge in [-0.25, -0.2) is 0 Å². The van der Waals surface area contributed by atoms with Crippen molar-refractivity contribution in [2.75, 3.05) is 0 Å². The monoisotopic (exact) mass is 461 g/mol. The number of tetrazole rings is 1. The van der Waals surface area contributed by atoms with Gasteiger partial charge in [0.25, 0.3) is 0 Å². The Bertz CT molecular complexity index is 1120. The van der Waals surface area contributed by atoms with Gasteiger partial charge in [0.15, 0.2) is 0 Å². The molecular weight excluding hydrogens is 443 g/mol. The maximum Gasteiger partial charge on any atom is 0.416 e. The van der Waals surface area contributed by atoms with E-state index in [1.165, 1.54) is 28.7 Å². The Labute approximate surface area is 185 Å². The molecule has 12 heteroatoms. The van der Waals surface area contributed by atoms with E-state index < -0.39 is 17.0 Å². The summed E-state index contributed by atoms with van der Waals surface area (Å²) in [6.07, 6.45) is -1.03. The van der Waals surface area contributed by atoms with Gasteiger partial charge < -0.3 is 5.32 Å². The Hall–Kier alpha value is -3.28. The molecule has 0 spiro atoms. The molecule has 1 amide bonds. The lowest BCUT2D eigenvalue weighted by Crippen LogP contribution is -2.36. The summed E-state index contributed by atoms with van der Waals surface area (Å²) in [6, 6.07) is 8.18. The van der Waals surface area contributed by atoms with Gasteiger partial charge in [-0.2, -0.15) is 18.0 Å². The van der Waals surface area contributed by atoms with E-state index in [4.69, 9.17) is 0 Å². The van der Waals surface area contributed by atoms with Gasteiger partial charge in [0.05, 0.1) is 18.2 Å². The third-order valence-corrected chi connectivity index (χ3v) is 6.07. The number of amides is 1. The van der Waals surface area contributed by atoms with E-state index in [2.05, 4.69) is 30.7 Å². The lowest BCUT2D eigenvalue weighted by atomic mass is 10.1. The predicted molar refractivity (Wildman–Crippen MR) is 112 cm³/mol. The van der Waals surface area contributed by atoms with E-state index in [0.29, 0.717) is 17.2 Å². The molecule has 0 aliphatic carbocycles. The molecule has 3 aromatic rings. The van der Waals surface area contributed by atoms with Crippen molar-refractivity contribution in [1.82, 2.24) is 30.5 Å². The van der Waals surface area contributed by atoms with Crippen molar-refractivity contribution < 1.29 is 18.0 Å². The number of alkyl halides is 3. The summed E-state index contributed by atoms with van der Waals surface area (Å²) >= 11 is 1.26. The van der Waals surface area contributed by atoms with Crippen LogP contribution >= 0.6 is 11.8 Å². The van der Waals surface area contributed by atoms with Gasteiger partial charge >= 0.3 is 6.18 Å². The smallest absolute Gasteiger partial charge is 0.351 e. The van der Waals surface area contributed by atoms with E-state index in [1.807, 2.05) is 13.0 Å². The molecule has 2 atom stereocenters. The highest BCUT2D eigenvalue weighted by atomic mass is 32.2. The highest BCUT2D eigenvalue weighted by Gasteiger charge is 2.35.